The average molecular weight is 218 g/mol. The van der Waals surface area contributed by atoms with Crippen molar-refractivity contribution < 1.29 is 0 Å². The Morgan fingerprint density at radius 2 is 2.00 bits per heavy atom. The number of aromatic nitrogens is 3. The van der Waals surface area contributed by atoms with Gasteiger partial charge in [0.25, 0.3) is 0 Å². The summed E-state index contributed by atoms with van der Waals surface area (Å²) in [6, 6.07) is 6.22. The van der Waals surface area contributed by atoms with E-state index in [4.69, 9.17) is 5.73 Å². The Kier molecular flexibility index (Phi) is 2.92. The Labute approximate surface area is 95.5 Å². The van der Waals surface area contributed by atoms with Gasteiger partial charge in [0.15, 0.2) is 5.65 Å². The van der Waals surface area contributed by atoms with Crippen LogP contribution in [0.4, 0.5) is 0 Å². The predicted molar refractivity (Wildman–Crippen MR) is 64.4 cm³/mol. The van der Waals surface area contributed by atoms with Crippen molar-refractivity contribution in [2.75, 3.05) is 0 Å². The van der Waals surface area contributed by atoms with Crippen molar-refractivity contribution in [2.45, 2.75) is 39.2 Å². The van der Waals surface area contributed by atoms with Gasteiger partial charge in [-0.1, -0.05) is 19.9 Å². The van der Waals surface area contributed by atoms with E-state index in [-0.39, 0.29) is 6.04 Å². The minimum absolute atomic E-state index is 0.146. The van der Waals surface area contributed by atoms with Gasteiger partial charge < -0.3 is 5.73 Å². The van der Waals surface area contributed by atoms with Crippen molar-refractivity contribution >= 4 is 5.65 Å². The molecule has 2 N–H and O–H groups in total. The third-order valence-corrected chi connectivity index (χ3v) is 2.58. The summed E-state index contributed by atoms with van der Waals surface area (Å²) in [5.74, 6) is 1.37. The van der Waals surface area contributed by atoms with Crippen LogP contribution < -0.4 is 5.73 Å². The van der Waals surface area contributed by atoms with Gasteiger partial charge in [0.1, 0.15) is 5.82 Å². The first-order valence-electron chi connectivity index (χ1n) is 5.68. The van der Waals surface area contributed by atoms with Crippen molar-refractivity contribution in [1.29, 1.82) is 0 Å². The fourth-order valence-corrected chi connectivity index (χ4v) is 1.89. The van der Waals surface area contributed by atoms with Gasteiger partial charge in [0.05, 0.1) is 0 Å². The first-order chi connectivity index (χ1) is 7.59. The summed E-state index contributed by atoms with van der Waals surface area (Å²) in [5.41, 5.74) is 7.94. The standard InChI is InChI=1S/C12H18N4/c1-8(2)12-15-14-11-6-4-5-10(16(11)12)7-9(3)13/h4-6,8-9H,7,13H2,1-3H3. The zero-order valence-corrected chi connectivity index (χ0v) is 10.0. The maximum atomic E-state index is 5.86. The van der Waals surface area contributed by atoms with Crippen LogP contribution in [0.2, 0.25) is 0 Å². The molecular weight excluding hydrogens is 200 g/mol. The number of nitrogens with zero attached hydrogens (tertiary/aromatic N) is 3. The first kappa shape index (κ1) is 11.1. The predicted octanol–water partition coefficient (Wildman–Crippen LogP) is 1.74. The Bertz CT molecular complexity index is 485. The molecule has 0 saturated heterocycles. The van der Waals surface area contributed by atoms with Crippen LogP contribution in [-0.2, 0) is 6.42 Å². The SMILES string of the molecule is CC(N)Cc1cccc2nnc(C(C)C)n12. The van der Waals surface area contributed by atoms with Crippen LogP contribution in [-0.4, -0.2) is 20.6 Å². The van der Waals surface area contributed by atoms with Crippen LogP contribution in [0.15, 0.2) is 18.2 Å². The molecule has 0 saturated carbocycles. The number of rotatable bonds is 3. The summed E-state index contributed by atoms with van der Waals surface area (Å²) in [6.45, 7) is 6.26. The molecule has 4 nitrogen and oxygen atoms in total. The molecule has 0 spiro atoms. The van der Waals surface area contributed by atoms with Crippen molar-refractivity contribution in [2.24, 2.45) is 5.73 Å². The molecule has 0 amide bonds. The third-order valence-electron chi connectivity index (χ3n) is 2.58. The lowest BCUT2D eigenvalue weighted by Gasteiger charge is -2.11. The molecule has 0 fully saturated rings. The molecule has 0 bridgehead atoms. The summed E-state index contributed by atoms with van der Waals surface area (Å²) in [6.07, 6.45) is 0.842. The van der Waals surface area contributed by atoms with Crippen molar-refractivity contribution in [3.8, 4) is 0 Å². The van der Waals surface area contributed by atoms with Gasteiger partial charge >= 0.3 is 0 Å². The highest BCUT2D eigenvalue weighted by molar-refractivity contribution is 5.40. The third kappa shape index (κ3) is 1.93. The minimum Gasteiger partial charge on any atom is -0.328 e. The molecule has 0 aromatic carbocycles. The van der Waals surface area contributed by atoms with E-state index in [1.165, 1.54) is 5.69 Å². The molecule has 16 heavy (non-hydrogen) atoms. The van der Waals surface area contributed by atoms with Gasteiger partial charge in [-0.15, -0.1) is 10.2 Å². The summed E-state index contributed by atoms with van der Waals surface area (Å²) < 4.78 is 2.12. The van der Waals surface area contributed by atoms with E-state index >= 15 is 0 Å². The van der Waals surface area contributed by atoms with Gasteiger partial charge in [-0.25, -0.2) is 0 Å². The molecular formula is C12H18N4. The largest absolute Gasteiger partial charge is 0.328 e. The fraction of sp³-hybridized carbons (Fsp3) is 0.500. The zero-order valence-electron chi connectivity index (χ0n) is 10.0. The lowest BCUT2D eigenvalue weighted by molar-refractivity contribution is 0.689. The normalized spacial score (nSPS) is 13.6. The fourth-order valence-electron chi connectivity index (χ4n) is 1.89. The van der Waals surface area contributed by atoms with Crippen LogP contribution in [0.5, 0.6) is 0 Å². The Hall–Kier alpha value is -1.42. The maximum absolute atomic E-state index is 5.86. The van der Waals surface area contributed by atoms with Crippen molar-refractivity contribution in [3.63, 3.8) is 0 Å². The molecule has 1 unspecified atom stereocenters. The second-order valence-corrected chi connectivity index (χ2v) is 4.61. The number of hydrogen-bond donors (Lipinski definition) is 1. The lowest BCUT2D eigenvalue weighted by atomic mass is 10.1. The Morgan fingerprint density at radius 3 is 2.62 bits per heavy atom. The van der Waals surface area contributed by atoms with Gasteiger partial charge in [-0.3, -0.25) is 4.40 Å². The molecule has 0 aliphatic rings. The Balaban J connectivity index is 2.59. The monoisotopic (exact) mass is 218 g/mol. The smallest absolute Gasteiger partial charge is 0.160 e. The molecule has 0 radical (unpaired) electrons. The van der Waals surface area contributed by atoms with E-state index in [1.807, 2.05) is 19.1 Å². The summed E-state index contributed by atoms with van der Waals surface area (Å²) in [5, 5.41) is 8.41. The van der Waals surface area contributed by atoms with E-state index in [2.05, 4.69) is 34.5 Å². The molecule has 0 aliphatic heterocycles. The van der Waals surface area contributed by atoms with Crippen LogP contribution in [0.3, 0.4) is 0 Å². The quantitative estimate of drug-likeness (QED) is 0.853. The zero-order chi connectivity index (χ0) is 11.7. The molecule has 2 aromatic heterocycles. The molecule has 2 rings (SSSR count). The second-order valence-electron chi connectivity index (χ2n) is 4.61. The molecule has 1 atom stereocenters. The molecule has 86 valence electrons. The average Bonchev–Trinajstić information content (AvgIpc) is 2.61. The van der Waals surface area contributed by atoms with E-state index in [9.17, 15) is 0 Å². The highest BCUT2D eigenvalue weighted by Gasteiger charge is 2.12. The minimum atomic E-state index is 0.146. The van der Waals surface area contributed by atoms with E-state index in [1.54, 1.807) is 0 Å². The van der Waals surface area contributed by atoms with E-state index in [0.717, 1.165) is 17.9 Å². The van der Waals surface area contributed by atoms with Crippen LogP contribution in [0.25, 0.3) is 5.65 Å². The van der Waals surface area contributed by atoms with Gasteiger partial charge in [-0.05, 0) is 19.1 Å². The van der Waals surface area contributed by atoms with E-state index in [0.29, 0.717) is 5.92 Å². The summed E-state index contributed by atoms with van der Waals surface area (Å²) in [4.78, 5) is 0. The second kappa shape index (κ2) is 4.22. The molecule has 2 aromatic rings. The van der Waals surface area contributed by atoms with Gasteiger partial charge in [-0.2, -0.15) is 0 Å². The highest BCUT2D eigenvalue weighted by atomic mass is 15.3. The summed E-state index contributed by atoms with van der Waals surface area (Å²) >= 11 is 0. The topological polar surface area (TPSA) is 56.2 Å². The molecule has 2 heterocycles. The van der Waals surface area contributed by atoms with Gasteiger partial charge in [0.2, 0.25) is 0 Å². The highest BCUT2D eigenvalue weighted by Crippen LogP contribution is 2.16. The number of fused-ring (bicyclic) bond motifs is 1. The maximum Gasteiger partial charge on any atom is 0.160 e. The van der Waals surface area contributed by atoms with Crippen LogP contribution >= 0.6 is 0 Å². The molecule has 0 aliphatic carbocycles. The number of nitrogens with two attached hydrogens (primary N) is 1. The number of pyridine rings is 1. The number of hydrogen-bond acceptors (Lipinski definition) is 3. The first-order valence-corrected chi connectivity index (χ1v) is 5.68. The van der Waals surface area contributed by atoms with Crippen LogP contribution in [0.1, 0.15) is 38.2 Å². The summed E-state index contributed by atoms with van der Waals surface area (Å²) in [7, 11) is 0. The van der Waals surface area contributed by atoms with Crippen molar-refractivity contribution in [1.82, 2.24) is 14.6 Å². The van der Waals surface area contributed by atoms with Crippen molar-refractivity contribution in [3.05, 3.63) is 29.7 Å². The van der Waals surface area contributed by atoms with Crippen LogP contribution in [0, 0.1) is 0 Å². The van der Waals surface area contributed by atoms with Gasteiger partial charge in [0, 0.05) is 24.1 Å². The van der Waals surface area contributed by atoms with E-state index < -0.39 is 0 Å². The molecule has 4 heteroatoms. The Morgan fingerprint density at radius 1 is 1.25 bits per heavy atom. The lowest BCUT2D eigenvalue weighted by Crippen LogP contribution is -2.20.